The molecule has 0 radical (unpaired) electrons. The number of carboxylic acids is 1. The zero-order valence-electron chi connectivity index (χ0n) is 9.37. The number of amides is 1. The molecule has 0 fully saturated rings. The Morgan fingerprint density at radius 1 is 1.33 bits per heavy atom. The Labute approximate surface area is 103 Å². The third-order valence-electron chi connectivity index (χ3n) is 1.91. The Morgan fingerprint density at radius 3 is 2.39 bits per heavy atom. The highest BCUT2D eigenvalue weighted by Crippen LogP contribution is 2.24. The fraction of sp³-hybridized carbons (Fsp3) is 0.200. The fourth-order valence-electron chi connectivity index (χ4n) is 1.19. The van der Waals surface area contributed by atoms with E-state index in [0.717, 1.165) is 12.3 Å². The first-order chi connectivity index (χ1) is 8.19. The van der Waals surface area contributed by atoms with Crippen LogP contribution in [0.5, 0.6) is 5.75 Å². The van der Waals surface area contributed by atoms with Gasteiger partial charge in [0.05, 0.1) is 11.3 Å². The van der Waals surface area contributed by atoms with E-state index in [1.165, 1.54) is 12.1 Å². The predicted molar refractivity (Wildman–Crippen MR) is 63.4 cm³/mol. The number of sulfone groups is 1. The molecule has 0 spiro atoms. The molecule has 0 bridgehead atoms. The number of phenolic OH excluding ortho intramolecular Hbond substituents is 1. The van der Waals surface area contributed by atoms with Gasteiger partial charge in [0.25, 0.3) is 0 Å². The summed E-state index contributed by atoms with van der Waals surface area (Å²) in [6, 6.07) is 3.31. The van der Waals surface area contributed by atoms with Gasteiger partial charge in [-0.2, -0.15) is 0 Å². The summed E-state index contributed by atoms with van der Waals surface area (Å²) >= 11 is 0. The SMILES string of the molecule is CS(=O)(=O)CC(=O)Nc1ccc(C(=O)O)cc1O. The lowest BCUT2D eigenvalue weighted by atomic mass is 10.2. The molecule has 0 aliphatic rings. The summed E-state index contributed by atoms with van der Waals surface area (Å²) in [5, 5.41) is 20.3. The molecule has 0 heterocycles. The smallest absolute Gasteiger partial charge is 0.335 e. The van der Waals surface area contributed by atoms with Crippen LogP contribution in [0.25, 0.3) is 0 Å². The van der Waals surface area contributed by atoms with Crippen LogP contribution in [0, 0.1) is 0 Å². The van der Waals surface area contributed by atoms with Crippen molar-refractivity contribution in [3.05, 3.63) is 23.8 Å². The van der Waals surface area contributed by atoms with Crippen molar-refractivity contribution >= 4 is 27.4 Å². The molecule has 1 aromatic rings. The van der Waals surface area contributed by atoms with Gasteiger partial charge in [-0.25, -0.2) is 13.2 Å². The molecule has 98 valence electrons. The topological polar surface area (TPSA) is 121 Å². The standard InChI is InChI=1S/C10H11NO6S/c1-18(16,17)5-9(13)11-7-3-2-6(10(14)15)4-8(7)12/h2-4,12H,5H2,1H3,(H,11,13)(H,14,15). The van der Waals surface area contributed by atoms with Crippen LogP contribution >= 0.6 is 0 Å². The van der Waals surface area contributed by atoms with E-state index in [9.17, 15) is 23.1 Å². The molecule has 0 saturated carbocycles. The molecule has 18 heavy (non-hydrogen) atoms. The van der Waals surface area contributed by atoms with Crippen molar-refractivity contribution < 1.29 is 28.2 Å². The van der Waals surface area contributed by atoms with E-state index in [4.69, 9.17) is 5.11 Å². The number of hydrogen-bond donors (Lipinski definition) is 3. The number of anilines is 1. The number of carbonyl (C=O) groups is 2. The Kier molecular flexibility index (Phi) is 3.92. The molecule has 0 aliphatic heterocycles. The van der Waals surface area contributed by atoms with Crippen molar-refractivity contribution in [3.63, 3.8) is 0 Å². The number of rotatable bonds is 4. The Morgan fingerprint density at radius 2 is 1.94 bits per heavy atom. The first kappa shape index (κ1) is 14.0. The lowest BCUT2D eigenvalue weighted by molar-refractivity contribution is -0.113. The first-order valence-corrected chi connectivity index (χ1v) is 6.79. The quantitative estimate of drug-likeness (QED) is 0.668. The van der Waals surface area contributed by atoms with Crippen molar-refractivity contribution in [2.45, 2.75) is 0 Å². The Hall–Kier alpha value is -2.09. The number of benzene rings is 1. The van der Waals surface area contributed by atoms with Gasteiger partial charge in [0.2, 0.25) is 5.91 Å². The van der Waals surface area contributed by atoms with Crippen LogP contribution in [0.2, 0.25) is 0 Å². The highest BCUT2D eigenvalue weighted by molar-refractivity contribution is 7.91. The molecule has 0 saturated heterocycles. The third kappa shape index (κ3) is 4.06. The van der Waals surface area contributed by atoms with Crippen molar-refractivity contribution in [3.8, 4) is 5.75 Å². The highest BCUT2D eigenvalue weighted by atomic mass is 32.2. The van der Waals surface area contributed by atoms with Crippen LogP contribution in [0.1, 0.15) is 10.4 Å². The third-order valence-corrected chi connectivity index (χ3v) is 2.70. The van der Waals surface area contributed by atoms with Gasteiger partial charge in [-0.15, -0.1) is 0 Å². The Balaban J connectivity index is 2.86. The van der Waals surface area contributed by atoms with E-state index in [2.05, 4.69) is 5.32 Å². The summed E-state index contributed by atoms with van der Waals surface area (Å²) in [5.41, 5.74) is -0.192. The maximum Gasteiger partial charge on any atom is 0.335 e. The second kappa shape index (κ2) is 5.05. The molecule has 0 atom stereocenters. The van der Waals surface area contributed by atoms with Crippen molar-refractivity contribution in [2.24, 2.45) is 0 Å². The molecular weight excluding hydrogens is 262 g/mol. The van der Waals surface area contributed by atoms with E-state index in [0.29, 0.717) is 0 Å². The molecule has 7 nitrogen and oxygen atoms in total. The van der Waals surface area contributed by atoms with Crippen LogP contribution in [0.3, 0.4) is 0 Å². The van der Waals surface area contributed by atoms with Crippen molar-refractivity contribution in [2.75, 3.05) is 17.3 Å². The van der Waals surface area contributed by atoms with E-state index in [1.807, 2.05) is 0 Å². The zero-order valence-corrected chi connectivity index (χ0v) is 10.2. The van der Waals surface area contributed by atoms with Gasteiger partial charge in [-0.1, -0.05) is 0 Å². The zero-order chi connectivity index (χ0) is 13.9. The summed E-state index contributed by atoms with van der Waals surface area (Å²) in [6.45, 7) is 0. The molecule has 1 aromatic carbocycles. The molecule has 3 N–H and O–H groups in total. The minimum Gasteiger partial charge on any atom is -0.506 e. The number of aromatic carboxylic acids is 1. The molecule has 8 heteroatoms. The predicted octanol–water partition coefficient (Wildman–Crippen LogP) is 0.0735. The van der Waals surface area contributed by atoms with Gasteiger partial charge < -0.3 is 15.5 Å². The van der Waals surface area contributed by atoms with E-state index < -0.39 is 33.2 Å². The number of hydrogen-bond acceptors (Lipinski definition) is 5. The van der Waals surface area contributed by atoms with E-state index in [1.54, 1.807) is 0 Å². The number of aromatic hydroxyl groups is 1. The number of carbonyl (C=O) groups excluding carboxylic acids is 1. The average Bonchev–Trinajstić information content (AvgIpc) is 2.17. The number of carboxylic acid groups (broad SMARTS) is 1. The molecule has 1 amide bonds. The van der Waals surface area contributed by atoms with Crippen LogP contribution in [0.4, 0.5) is 5.69 Å². The minimum atomic E-state index is -3.47. The van der Waals surface area contributed by atoms with E-state index in [-0.39, 0.29) is 11.3 Å². The summed E-state index contributed by atoms with van der Waals surface area (Å²) in [7, 11) is -3.47. The average molecular weight is 273 g/mol. The highest BCUT2D eigenvalue weighted by Gasteiger charge is 2.14. The lowest BCUT2D eigenvalue weighted by Gasteiger charge is -2.07. The van der Waals surface area contributed by atoms with Crippen LogP contribution < -0.4 is 5.32 Å². The second-order valence-corrected chi connectivity index (χ2v) is 5.80. The number of phenols is 1. The summed E-state index contributed by atoms with van der Waals surface area (Å²) in [4.78, 5) is 21.9. The maximum absolute atomic E-state index is 11.3. The van der Waals surface area contributed by atoms with E-state index >= 15 is 0 Å². The second-order valence-electron chi connectivity index (χ2n) is 3.66. The van der Waals surface area contributed by atoms with Crippen molar-refractivity contribution in [1.82, 2.24) is 0 Å². The van der Waals surface area contributed by atoms with Gasteiger partial charge in [-0.05, 0) is 18.2 Å². The fourth-order valence-corrected chi connectivity index (χ4v) is 1.74. The molecule has 0 aromatic heterocycles. The summed E-state index contributed by atoms with van der Waals surface area (Å²) in [6.07, 6.45) is 0.903. The van der Waals surface area contributed by atoms with Crippen molar-refractivity contribution in [1.29, 1.82) is 0 Å². The Bertz CT molecular complexity index is 592. The summed E-state index contributed by atoms with van der Waals surface area (Å²) in [5.74, 6) is -3.19. The first-order valence-electron chi connectivity index (χ1n) is 4.73. The minimum absolute atomic E-state index is 0.0475. The largest absolute Gasteiger partial charge is 0.506 e. The van der Waals surface area contributed by atoms with Gasteiger partial charge in [0.1, 0.15) is 11.5 Å². The molecule has 0 aliphatic carbocycles. The van der Waals surface area contributed by atoms with Crippen LogP contribution in [-0.4, -0.2) is 42.5 Å². The van der Waals surface area contributed by atoms with Gasteiger partial charge >= 0.3 is 5.97 Å². The molecular formula is C10H11NO6S. The summed E-state index contributed by atoms with van der Waals surface area (Å²) < 4.78 is 21.7. The number of nitrogens with one attached hydrogen (secondary N) is 1. The lowest BCUT2D eigenvalue weighted by Crippen LogP contribution is -2.22. The van der Waals surface area contributed by atoms with Gasteiger partial charge in [0, 0.05) is 6.26 Å². The van der Waals surface area contributed by atoms with Gasteiger partial charge in [-0.3, -0.25) is 4.79 Å². The van der Waals surface area contributed by atoms with Gasteiger partial charge in [0.15, 0.2) is 9.84 Å². The molecule has 0 unspecified atom stereocenters. The van der Waals surface area contributed by atoms with Crippen LogP contribution in [0.15, 0.2) is 18.2 Å². The van der Waals surface area contributed by atoms with Crippen LogP contribution in [-0.2, 0) is 14.6 Å². The monoisotopic (exact) mass is 273 g/mol. The molecule has 1 rings (SSSR count). The maximum atomic E-state index is 11.3. The normalized spacial score (nSPS) is 10.9.